The maximum atomic E-state index is 6.41. The van der Waals surface area contributed by atoms with Crippen molar-refractivity contribution in [3.05, 3.63) is 12.2 Å². The third kappa shape index (κ3) is 3.52. The van der Waals surface area contributed by atoms with Crippen LogP contribution in [-0.4, -0.2) is 70.4 Å². The number of hydrogen-bond acceptors (Lipinski definition) is 5. The van der Waals surface area contributed by atoms with Gasteiger partial charge in [0.05, 0.1) is 0 Å². The highest BCUT2D eigenvalue weighted by atomic mass is 15.3. The molecular weight excluding hydrogens is 240 g/mol. The van der Waals surface area contributed by atoms with E-state index >= 15 is 0 Å². The van der Waals surface area contributed by atoms with Crippen LogP contribution in [0.3, 0.4) is 0 Å². The van der Waals surface area contributed by atoms with Gasteiger partial charge in [-0.05, 0) is 20.5 Å². The Labute approximate surface area is 115 Å². The van der Waals surface area contributed by atoms with Gasteiger partial charge in [0.1, 0.15) is 12.2 Å². The van der Waals surface area contributed by atoms with E-state index in [9.17, 15) is 0 Å². The molecule has 2 rings (SSSR count). The molecule has 2 N–H and O–H groups in total. The summed E-state index contributed by atoms with van der Waals surface area (Å²) in [5.41, 5.74) is 6.41. The van der Waals surface area contributed by atoms with Crippen LogP contribution in [0.15, 0.2) is 6.33 Å². The molecule has 0 saturated carbocycles. The van der Waals surface area contributed by atoms with Crippen molar-refractivity contribution in [2.75, 3.05) is 33.7 Å². The van der Waals surface area contributed by atoms with Gasteiger partial charge in [-0.15, -0.1) is 0 Å². The Morgan fingerprint density at radius 2 is 2.21 bits per heavy atom. The lowest BCUT2D eigenvalue weighted by atomic mass is 10.0. The van der Waals surface area contributed by atoms with Gasteiger partial charge in [0, 0.05) is 44.7 Å². The lowest BCUT2D eigenvalue weighted by molar-refractivity contribution is 0.0966. The average molecular weight is 266 g/mol. The first-order chi connectivity index (χ1) is 9.11. The number of aromatic nitrogens is 3. The minimum absolute atomic E-state index is 0.104. The number of nitrogens with two attached hydrogens (primary N) is 1. The van der Waals surface area contributed by atoms with Crippen LogP contribution in [0.5, 0.6) is 0 Å². The second kappa shape index (κ2) is 6.45. The van der Waals surface area contributed by atoms with Crippen LogP contribution in [0.2, 0.25) is 0 Å². The maximum absolute atomic E-state index is 6.41. The molecule has 19 heavy (non-hydrogen) atoms. The second-order valence-corrected chi connectivity index (χ2v) is 5.58. The van der Waals surface area contributed by atoms with E-state index in [0.717, 1.165) is 44.8 Å². The first-order valence-electron chi connectivity index (χ1n) is 7.12. The predicted molar refractivity (Wildman–Crippen MR) is 75.9 cm³/mol. The molecule has 0 radical (unpaired) electrons. The molecule has 6 nitrogen and oxygen atoms in total. The van der Waals surface area contributed by atoms with Crippen molar-refractivity contribution in [1.82, 2.24) is 24.6 Å². The molecule has 0 aromatic carbocycles. The lowest BCUT2D eigenvalue weighted by Gasteiger charge is -2.40. The van der Waals surface area contributed by atoms with Gasteiger partial charge in [-0.1, -0.05) is 6.92 Å². The molecule has 2 unspecified atom stereocenters. The number of aryl methyl sites for hydroxylation is 1. The summed E-state index contributed by atoms with van der Waals surface area (Å²) in [5, 5.41) is 4.26. The molecule has 1 aliphatic heterocycles. The molecule has 0 aliphatic carbocycles. The Kier molecular flexibility index (Phi) is 4.90. The zero-order valence-corrected chi connectivity index (χ0v) is 12.3. The van der Waals surface area contributed by atoms with Crippen LogP contribution in [0.4, 0.5) is 0 Å². The summed E-state index contributed by atoms with van der Waals surface area (Å²) in [6.07, 6.45) is 3.49. The van der Waals surface area contributed by atoms with E-state index in [1.807, 2.05) is 4.68 Å². The molecule has 6 heteroatoms. The van der Waals surface area contributed by atoms with Crippen molar-refractivity contribution in [2.45, 2.75) is 38.4 Å². The fourth-order valence-corrected chi connectivity index (χ4v) is 2.70. The molecule has 1 saturated heterocycles. The lowest BCUT2D eigenvalue weighted by Crippen LogP contribution is -2.58. The van der Waals surface area contributed by atoms with Crippen molar-refractivity contribution in [2.24, 2.45) is 5.73 Å². The quantitative estimate of drug-likeness (QED) is 0.800. The Balaban J connectivity index is 1.99. The molecule has 1 aliphatic rings. The largest absolute Gasteiger partial charge is 0.326 e. The van der Waals surface area contributed by atoms with Crippen molar-refractivity contribution < 1.29 is 0 Å². The van der Waals surface area contributed by atoms with Crippen LogP contribution in [-0.2, 0) is 13.0 Å². The molecule has 1 aromatic heterocycles. The zero-order valence-electron chi connectivity index (χ0n) is 12.3. The van der Waals surface area contributed by atoms with Gasteiger partial charge in [0.15, 0.2) is 0 Å². The third-order valence-electron chi connectivity index (χ3n) is 3.94. The second-order valence-electron chi connectivity index (χ2n) is 5.58. The minimum atomic E-state index is 0.104. The summed E-state index contributed by atoms with van der Waals surface area (Å²) in [4.78, 5) is 9.07. The molecule has 108 valence electrons. The molecule has 0 bridgehead atoms. The standard InChI is InChI=1S/C13H26N6/c1-4-5-19-13(15-10-16-19)8-11(14)12-9-17(2)6-7-18(12)3/h10-12H,4-9,14H2,1-3H3. The summed E-state index contributed by atoms with van der Waals surface area (Å²) < 4.78 is 1.98. The molecule has 1 fully saturated rings. The van der Waals surface area contributed by atoms with E-state index in [4.69, 9.17) is 5.73 Å². The van der Waals surface area contributed by atoms with E-state index in [2.05, 4.69) is 40.9 Å². The summed E-state index contributed by atoms with van der Waals surface area (Å²) in [7, 11) is 4.32. The van der Waals surface area contributed by atoms with Crippen LogP contribution in [0, 0.1) is 0 Å². The Bertz CT molecular complexity index is 390. The van der Waals surface area contributed by atoms with Gasteiger partial charge in [-0.3, -0.25) is 9.58 Å². The summed E-state index contributed by atoms with van der Waals surface area (Å²) in [6.45, 7) is 6.29. The normalized spacial score (nSPS) is 23.7. The van der Waals surface area contributed by atoms with Gasteiger partial charge in [-0.2, -0.15) is 5.10 Å². The minimum Gasteiger partial charge on any atom is -0.326 e. The summed E-state index contributed by atoms with van der Waals surface area (Å²) >= 11 is 0. The number of piperazine rings is 1. The highest BCUT2D eigenvalue weighted by Gasteiger charge is 2.28. The molecule has 1 aromatic rings. The number of nitrogens with zero attached hydrogens (tertiary/aromatic N) is 5. The van der Waals surface area contributed by atoms with Crippen molar-refractivity contribution in [3.63, 3.8) is 0 Å². The first kappa shape index (κ1) is 14.4. The van der Waals surface area contributed by atoms with Crippen molar-refractivity contribution in [1.29, 1.82) is 0 Å². The molecule has 0 spiro atoms. The van der Waals surface area contributed by atoms with Crippen molar-refractivity contribution >= 4 is 0 Å². The van der Waals surface area contributed by atoms with Crippen LogP contribution in [0.25, 0.3) is 0 Å². The van der Waals surface area contributed by atoms with Gasteiger partial charge < -0.3 is 10.6 Å². The fraction of sp³-hybridized carbons (Fsp3) is 0.846. The topological polar surface area (TPSA) is 63.2 Å². The van der Waals surface area contributed by atoms with Gasteiger partial charge in [-0.25, -0.2) is 4.98 Å². The Hall–Kier alpha value is -0.980. The van der Waals surface area contributed by atoms with Gasteiger partial charge in [0.2, 0.25) is 0 Å². The molecule has 0 amide bonds. The number of hydrogen-bond donors (Lipinski definition) is 1. The van der Waals surface area contributed by atoms with E-state index in [1.165, 1.54) is 0 Å². The highest BCUT2D eigenvalue weighted by molar-refractivity contribution is 4.95. The Morgan fingerprint density at radius 1 is 1.42 bits per heavy atom. The number of likely N-dealkylation sites (N-methyl/N-ethyl adjacent to an activating group) is 2. The predicted octanol–water partition coefficient (Wildman–Crippen LogP) is -0.196. The van der Waals surface area contributed by atoms with E-state index in [-0.39, 0.29) is 6.04 Å². The van der Waals surface area contributed by atoms with E-state index in [0.29, 0.717) is 6.04 Å². The molecule has 2 atom stereocenters. The summed E-state index contributed by atoms with van der Waals surface area (Å²) in [5.74, 6) is 1.01. The van der Waals surface area contributed by atoms with Crippen LogP contribution < -0.4 is 5.73 Å². The van der Waals surface area contributed by atoms with Gasteiger partial charge in [0.25, 0.3) is 0 Å². The van der Waals surface area contributed by atoms with Crippen molar-refractivity contribution in [3.8, 4) is 0 Å². The van der Waals surface area contributed by atoms with E-state index < -0.39 is 0 Å². The molecular formula is C13H26N6. The maximum Gasteiger partial charge on any atom is 0.138 e. The monoisotopic (exact) mass is 266 g/mol. The summed E-state index contributed by atoms with van der Waals surface area (Å²) in [6, 6.07) is 0.498. The Morgan fingerprint density at radius 3 is 2.95 bits per heavy atom. The fourth-order valence-electron chi connectivity index (χ4n) is 2.70. The first-order valence-corrected chi connectivity index (χ1v) is 7.12. The third-order valence-corrected chi connectivity index (χ3v) is 3.94. The van der Waals surface area contributed by atoms with Gasteiger partial charge >= 0.3 is 0 Å². The van der Waals surface area contributed by atoms with Crippen LogP contribution in [0.1, 0.15) is 19.2 Å². The SMILES string of the molecule is CCCn1ncnc1CC(N)C1CN(C)CCN1C. The van der Waals surface area contributed by atoms with E-state index in [1.54, 1.807) is 6.33 Å². The highest BCUT2D eigenvalue weighted by Crippen LogP contribution is 2.12. The molecule has 2 heterocycles. The smallest absolute Gasteiger partial charge is 0.138 e. The van der Waals surface area contributed by atoms with Crippen LogP contribution >= 0.6 is 0 Å². The zero-order chi connectivity index (χ0) is 13.8. The average Bonchev–Trinajstić information content (AvgIpc) is 2.80. The number of rotatable bonds is 5.